The molecule has 4 rings (SSSR count). The van der Waals surface area contributed by atoms with Crippen LogP contribution < -0.4 is 15.4 Å². The third kappa shape index (κ3) is 5.69. The fraction of sp³-hybridized carbons (Fsp3) is 0.0833. The second kappa shape index (κ2) is 9.33. The molecule has 1 heterocycles. The Morgan fingerprint density at radius 3 is 2.45 bits per heavy atom. The van der Waals surface area contributed by atoms with Crippen molar-refractivity contribution in [1.82, 2.24) is 5.32 Å². The molecule has 0 unspecified atom stereocenters. The highest BCUT2D eigenvalue weighted by Crippen LogP contribution is 2.30. The average Bonchev–Trinajstić information content (AvgIpc) is 3.23. The van der Waals surface area contributed by atoms with Crippen molar-refractivity contribution in [2.75, 3.05) is 5.32 Å². The molecule has 4 aromatic rings. The standard InChI is InChI=1S/C24H17F3N2O3S/c25-24(26,27)17-6-3-4-15(12-17)14-31-19-10-8-18(9-11-19)28-23(33)29-22(30)21-13-16-5-1-2-7-20(16)32-21/h1-13H,14H2,(H2,28,29,30,33). The highest BCUT2D eigenvalue weighted by Gasteiger charge is 2.30. The molecule has 0 saturated carbocycles. The number of amides is 1. The zero-order chi connectivity index (χ0) is 23.4. The lowest BCUT2D eigenvalue weighted by Gasteiger charge is -2.11. The van der Waals surface area contributed by atoms with E-state index in [9.17, 15) is 18.0 Å². The van der Waals surface area contributed by atoms with Gasteiger partial charge < -0.3 is 14.5 Å². The summed E-state index contributed by atoms with van der Waals surface area (Å²) in [5, 5.41) is 6.32. The van der Waals surface area contributed by atoms with Crippen molar-refractivity contribution in [3.63, 3.8) is 0 Å². The van der Waals surface area contributed by atoms with E-state index in [-0.39, 0.29) is 17.5 Å². The van der Waals surface area contributed by atoms with Crippen LogP contribution >= 0.6 is 12.2 Å². The number of fused-ring (bicyclic) bond motifs is 1. The average molecular weight is 470 g/mol. The summed E-state index contributed by atoms with van der Waals surface area (Å²) < 4.78 is 49.5. The molecule has 0 aliphatic rings. The summed E-state index contributed by atoms with van der Waals surface area (Å²) in [5.41, 5.74) is 0.876. The normalized spacial score (nSPS) is 11.2. The zero-order valence-corrected chi connectivity index (χ0v) is 17.8. The van der Waals surface area contributed by atoms with Gasteiger partial charge in [-0.05, 0) is 66.3 Å². The van der Waals surface area contributed by atoms with E-state index in [0.717, 1.165) is 17.5 Å². The summed E-state index contributed by atoms with van der Waals surface area (Å²) in [7, 11) is 0. The molecule has 1 aromatic heterocycles. The molecule has 1 amide bonds. The number of carbonyl (C=O) groups excluding carboxylic acids is 1. The van der Waals surface area contributed by atoms with Gasteiger partial charge in [-0.2, -0.15) is 13.2 Å². The number of furan rings is 1. The molecule has 0 fully saturated rings. The van der Waals surface area contributed by atoms with Crippen LogP contribution in [0.5, 0.6) is 5.75 Å². The van der Waals surface area contributed by atoms with Gasteiger partial charge in [0, 0.05) is 11.1 Å². The summed E-state index contributed by atoms with van der Waals surface area (Å²) >= 11 is 5.18. The molecule has 0 radical (unpaired) electrons. The second-order valence-electron chi connectivity index (χ2n) is 7.07. The smallest absolute Gasteiger partial charge is 0.416 e. The summed E-state index contributed by atoms with van der Waals surface area (Å²) in [5.74, 6) is 0.124. The summed E-state index contributed by atoms with van der Waals surface area (Å²) in [6.45, 7) is -0.0112. The molecule has 0 bridgehead atoms. The quantitative estimate of drug-likeness (QED) is 0.342. The van der Waals surface area contributed by atoms with Gasteiger partial charge in [0.2, 0.25) is 0 Å². The Hall–Kier alpha value is -3.85. The van der Waals surface area contributed by atoms with Crippen LogP contribution in [0.4, 0.5) is 18.9 Å². The number of alkyl halides is 3. The van der Waals surface area contributed by atoms with E-state index in [1.54, 1.807) is 42.5 Å². The lowest BCUT2D eigenvalue weighted by molar-refractivity contribution is -0.137. The third-order valence-electron chi connectivity index (χ3n) is 4.65. The van der Waals surface area contributed by atoms with Crippen molar-refractivity contribution < 1.29 is 27.1 Å². The highest BCUT2D eigenvalue weighted by atomic mass is 32.1. The molecule has 0 atom stereocenters. The maximum atomic E-state index is 12.8. The minimum atomic E-state index is -4.40. The van der Waals surface area contributed by atoms with E-state index in [2.05, 4.69) is 10.6 Å². The number of nitrogens with one attached hydrogen (secondary N) is 2. The Morgan fingerprint density at radius 2 is 1.73 bits per heavy atom. The van der Waals surface area contributed by atoms with Crippen molar-refractivity contribution in [2.24, 2.45) is 0 Å². The molecule has 33 heavy (non-hydrogen) atoms. The minimum Gasteiger partial charge on any atom is -0.489 e. The van der Waals surface area contributed by atoms with Crippen LogP contribution in [0.2, 0.25) is 0 Å². The molecule has 5 nitrogen and oxygen atoms in total. The molecule has 0 aliphatic carbocycles. The van der Waals surface area contributed by atoms with Gasteiger partial charge in [-0.15, -0.1) is 0 Å². The van der Waals surface area contributed by atoms with Crippen molar-refractivity contribution in [3.05, 3.63) is 95.7 Å². The molecular formula is C24H17F3N2O3S. The van der Waals surface area contributed by atoms with Crippen molar-refractivity contribution in [3.8, 4) is 5.75 Å². The van der Waals surface area contributed by atoms with Gasteiger partial charge in [0.05, 0.1) is 5.56 Å². The number of halogens is 3. The highest BCUT2D eigenvalue weighted by molar-refractivity contribution is 7.80. The molecule has 168 valence electrons. The number of carbonyl (C=O) groups is 1. The van der Waals surface area contributed by atoms with Gasteiger partial charge in [0.15, 0.2) is 10.9 Å². The first-order valence-corrected chi connectivity index (χ1v) is 10.2. The number of anilines is 1. The maximum absolute atomic E-state index is 12.8. The van der Waals surface area contributed by atoms with Gasteiger partial charge in [-0.25, -0.2) is 0 Å². The van der Waals surface area contributed by atoms with Crippen LogP contribution in [-0.4, -0.2) is 11.0 Å². The van der Waals surface area contributed by atoms with Crippen LogP contribution in [-0.2, 0) is 12.8 Å². The van der Waals surface area contributed by atoms with Crippen LogP contribution in [0, 0.1) is 0 Å². The van der Waals surface area contributed by atoms with E-state index in [1.165, 1.54) is 6.07 Å². The monoisotopic (exact) mass is 470 g/mol. The minimum absolute atomic E-state index is 0.0112. The van der Waals surface area contributed by atoms with Crippen molar-refractivity contribution >= 4 is 39.9 Å². The summed E-state index contributed by atoms with van der Waals surface area (Å²) in [6, 6.07) is 20.5. The Bertz CT molecular complexity index is 1270. The summed E-state index contributed by atoms with van der Waals surface area (Å²) in [4.78, 5) is 12.4. The predicted octanol–water partition coefficient (Wildman–Crippen LogP) is 6.16. The second-order valence-corrected chi connectivity index (χ2v) is 7.48. The first-order chi connectivity index (χ1) is 15.8. The lowest BCUT2D eigenvalue weighted by Crippen LogP contribution is -2.33. The van der Waals surface area contributed by atoms with Crippen molar-refractivity contribution in [2.45, 2.75) is 12.8 Å². The van der Waals surface area contributed by atoms with Crippen LogP contribution in [0.15, 0.2) is 83.3 Å². The number of rotatable bonds is 5. The summed E-state index contributed by atoms with van der Waals surface area (Å²) in [6.07, 6.45) is -4.40. The fourth-order valence-corrected chi connectivity index (χ4v) is 3.27. The van der Waals surface area contributed by atoms with E-state index in [1.807, 2.05) is 18.2 Å². The van der Waals surface area contributed by atoms with E-state index >= 15 is 0 Å². The van der Waals surface area contributed by atoms with Crippen LogP contribution in [0.25, 0.3) is 11.0 Å². The van der Waals surface area contributed by atoms with E-state index in [4.69, 9.17) is 21.4 Å². The topological polar surface area (TPSA) is 63.5 Å². The third-order valence-corrected chi connectivity index (χ3v) is 4.85. The van der Waals surface area contributed by atoms with Gasteiger partial charge in [0.25, 0.3) is 5.91 Å². The molecule has 0 aliphatic heterocycles. The van der Waals surface area contributed by atoms with Gasteiger partial charge >= 0.3 is 6.18 Å². The predicted molar refractivity (Wildman–Crippen MR) is 122 cm³/mol. The number of thiocarbonyl (C=S) groups is 1. The first kappa shape index (κ1) is 22.3. The Kier molecular flexibility index (Phi) is 6.32. The first-order valence-electron chi connectivity index (χ1n) is 9.78. The van der Waals surface area contributed by atoms with Crippen molar-refractivity contribution in [1.29, 1.82) is 0 Å². The lowest BCUT2D eigenvalue weighted by atomic mass is 10.1. The number of hydrogen-bond donors (Lipinski definition) is 2. The maximum Gasteiger partial charge on any atom is 0.416 e. The van der Waals surface area contributed by atoms with Gasteiger partial charge in [-0.3, -0.25) is 10.1 Å². The van der Waals surface area contributed by atoms with Gasteiger partial charge in [-0.1, -0.05) is 30.3 Å². The molecule has 0 spiro atoms. The molecule has 2 N–H and O–H groups in total. The van der Waals surface area contributed by atoms with Crippen LogP contribution in [0.1, 0.15) is 21.7 Å². The fourth-order valence-electron chi connectivity index (χ4n) is 3.06. The number of ether oxygens (including phenoxy) is 1. The Balaban J connectivity index is 1.31. The molecule has 9 heteroatoms. The van der Waals surface area contributed by atoms with Crippen LogP contribution in [0.3, 0.4) is 0 Å². The number of benzene rings is 3. The Labute approximate surface area is 192 Å². The zero-order valence-electron chi connectivity index (χ0n) is 17.0. The number of para-hydroxylation sites is 1. The molecular weight excluding hydrogens is 453 g/mol. The number of hydrogen-bond acceptors (Lipinski definition) is 4. The van der Waals surface area contributed by atoms with Gasteiger partial charge in [0.1, 0.15) is 17.9 Å². The molecule has 3 aromatic carbocycles. The largest absolute Gasteiger partial charge is 0.489 e. The van der Waals surface area contributed by atoms with E-state index in [0.29, 0.717) is 22.6 Å². The molecule has 0 saturated heterocycles. The SMILES string of the molecule is O=C(NC(=S)Nc1ccc(OCc2cccc(C(F)(F)F)c2)cc1)c1cc2ccccc2o1. The Morgan fingerprint density at radius 1 is 0.970 bits per heavy atom. The van der Waals surface area contributed by atoms with E-state index < -0.39 is 17.6 Å².